The Labute approximate surface area is 172 Å². The number of carbonyl (C=O) groups is 1. The molecule has 0 aliphatic rings. The summed E-state index contributed by atoms with van der Waals surface area (Å²) >= 11 is 0. The number of unbranched alkanes of at least 4 members (excludes halogenated alkanes) is 1. The van der Waals surface area contributed by atoms with Crippen molar-refractivity contribution in [2.24, 2.45) is 0 Å². The van der Waals surface area contributed by atoms with E-state index in [0.717, 1.165) is 53.1 Å². The van der Waals surface area contributed by atoms with E-state index in [1.54, 1.807) is 0 Å². The summed E-state index contributed by atoms with van der Waals surface area (Å²) in [6, 6.07) is 13.4. The van der Waals surface area contributed by atoms with Gasteiger partial charge < -0.3 is 16.0 Å². The fourth-order valence-electron chi connectivity index (χ4n) is 2.84. The molecule has 27 heavy (non-hydrogen) atoms. The van der Waals surface area contributed by atoms with Gasteiger partial charge in [0.25, 0.3) is 0 Å². The van der Waals surface area contributed by atoms with Crippen molar-refractivity contribution in [3.05, 3.63) is 53.9 Å². The van der Waals surface area contributed by atoms with Gasteiger partial charge in [-0.2, -0.15) is 0 Å². The number of aromatic amines is 1. The van der Waals surface area contributed by atoms with Gasteiger partial charge in [-0.3, -0.25) is 4.79 Å². The van der Waals surface area contributed by atoms with E-state index in [2.05, 4.69) is 22.2 Å². The number of fused-ring (bicyclic) bond motifs is 1. The van der Waals surface area contributed by atoms with E-state index in [9.17, 15) is 4.79 Å². The van der Waals surface area contributed by atoms with E-state index in [1.165, 1.54) is 0 Å². The van der Waals surface area contributed by atoms with Gasteiger partial charge >= 0.3 is 0 Å². The molecule has 5 nitrogen and oxygen atoms in total. The molecule has 0 bridgehead atoms. The summed E-state index contributed by atoms with van der Waals surface area (Å²) in [5.41, 5.74) is 10.3. The number of aryl methyl sites for hydroxylation is 2. The van der Waals surface area contributed by atoms with Gasteiger partial charge in [-0.05, 0) is 42.7 Å². The molecule has 1 heterocycles. The largest absolute Gasteiger partial charge is 0.399 e. The van der Waals surface area contributed by atoms with Crippen LogP contribution in [0.3, 0.4) is 0 Å². The second-order valence-electron chi connectivity index (χ2n) is 6.27. The van der Waals surface area contributed by atoms with Gasteiger partial charge in [0.2, 0.25) is 5.91 Å². The normalized spacial score (nSPS) is 10.1. The van der Waals surface area contributed by atoms with Crippen LogP contribution < -0.4 is 11.1 Å². The topological polar surface area (TPSA) is 83.8 Å². The van der Waals surface area contributed by atoms with Crippen LogP contribution >= 0.6 is 24.8 Å². The molecule has 4 N–H and O–H groups in total. The van der Waals surface area contributed by atoms with Crippen LogP contribution in [0.2, 0.25) is 0 Å². The average Bonchev–Trinajstić information content (AvgIpc) is 3.01. The molecule has 3 rings (SSSR count). The fraction of sp³-hybridized carbons (Fsp3) is 0.300. The number of para-hydroxylation sites is 1. The van der Waals surface area contributed by atoms with Crippen molar-refractivity contribution in [2.45, 2.75) is 39.0 Å². The number of aromatic nitrogens is 2. The lowest BCUT2D eigenvalue weighted by molar-refractivity contribution is -0.116. The van der Waals surface area contributed by atoms with Crippen molar-refractivity contribution in [2.75, 3.05) is 11.1 Å². The van der Waals surface area contributed by atoms with E-state index in [4.69, 9.17) is 5.73 Å². The number of imidazole rings is 1. The predicted octanol–water partition coefficient (Wildman–Crippen LogP) is 4.90. The third-order valence-electron chi connectivity index (χ3n) is 4.26. The number of H-pyrrole nitrogens is 1. The number of nitrogen functional groups attached to an aromatic ring is 1. The van der Waals surface area contributed by atoms with Crippen molar-refractivity contribution in [3.8, 4) is 0 Å². The van der Waals surface area contributed by atoms with Crippen LogP contribution in [-0.4, -0.2) is 15.9 Å². The van der Waals surface area contributed by atoms with Crippen molar-refractivity contribution >= 4 is 53.1 Å². The summed E-state index contributed by atoms with van der Waals surface area (Å²) in [7, 11) is 0. The number of halogens is 2. The molecule has 0 fully saturated rings. The number of nitrogens with one attached hydrogen (secondary N) is 2. The van der Waals surface area contributed by atoms with Gasteiger partial charge in [0.05, 0.1) is 11.0 Å². The van der Waals surface area contributed by atoms with Crippen LogP contribution in [0.5, 0.6) is 0 Å². The van der Waals surface area contributed by atoms with Gasteiger partial charge in [-0.15, -0.1) is 24.8 Å². The number of carbonyl (C=O) groups excluding carboxylic acids is 1. The maximum Gasteiger partial charge on any atom is 0.224 e. The van der Waals surface area contributed by atoms with E-state index >= 15 is 0 Å². The van der Waals surface area contributed by atoms with Crippen molar-refractivity contribution in [1.29, 1.82) is 0 Å². The van der Waals surface area contributed by atoms with Crippen molar-refractivity contribution in [1.82, 2.24) is 9.97 Å². The van der Waals surface area contributed by atoms with Gasteiger partial charge in [0.15, 0.2) is 0 Å². The SMILES string of the molecule is CCCCc1nc2ccc(NC(=O)CCc3ccccc3N)cc2[nH]1.Cl.Cl. The Hall–Kier alpha value is -2.24. The number of hydrogen-bond acceptors (Lipinski definition) is 3. The maximum absolute atomic E-state index is 12.2. The van der Waals surface area contributed by atoms with E-state index in [-0.39, 0.29) is 30.7 Å². The Morgan fingerprint density at radius 1 is 1.15 bits per heavy atom. The molecular weight excluding hydrogens is 383 g/mol. The van der Waals surface area contributed by atoms with Crippen LogP contribution in [0.4, 0.5) is 11.4 Å². The maximum atomic E-state index is 12.2. The highest BCUT2D eigenvalue weighted by Crippen LogP contribution is 2.19. The van der Waals surface area contributed by atoms with Crippen LogP contribution in [0.1, 0.15) is 37.6 Å². The smallest absolute Gasteiger partial charge is 0.224 e. The number of benzene rings is 2. The fourth-order valence-corrected chi connectivity index (χ4v) is 2.84. The first kappa shape index (κ1) is 22.8. The minimum absolute atomic E-state index is 0. The van der Waals surface area contributed by atoms with E-state index in [0.29, 0.717) is 12.8 Å². The minimum atomic E-state index is -0.0201. The zero-order valence-electron chi connectivity index (χ0n) is 15.3. The third-order valence-corrected chi connectivity index (χ3v) is 4.26. The predicted molar refractivity (Wildman–Crippen MR) is 117 cm³/mol. The summed E-state index contributed by atoms with van der Waals surface area (Å²) in [5.74, 6) is 0.980. The highest BCUT2D eigenvalue weighted by atomic mass is 35.5. The lowest BCUT2D eigenvalue weighted by atomic mass is 10.1. The Balaban J connectivity index is 0.00000182. The molecule has 3 aromatic rings. The minimum Gasteiger partial charge on any atom is -0.399 e. The monoisotopic (exact) mass is 408 g/mol. The second kappa shape index (κ2) is 10.8. The first-order valence-corrected chi connectivity index (χ1v) is 8.77. The standard InChI is InChI=1S/C20H24N4O.2ClH/c1-2-3-8-19-23-17-11-10-15(13-18(17)24-19)22-20(25)12-9-14-6-4-5-7-16(14)21;;/h4-7,10-11,13H,2-3,8-9,12,21H2,1H3,(H,22,25)(H,23,24);2*1H. The molecule has 0 saturated carbocycles. The quantitative estimate of drug-likeness (QED) is 0.485. The van der Waals surface area contributed by atoms with Gasteiger partial charge in [-0.1, -0.05) is 31.5 Å². The first-order chi connectivity index (χ1) is 12.2. The Bertz CT molecular complexity index is 879. The summed E-state index contributed by atoms with van der Waals surface area (Å²) in [5, 5.41) is 2.95. The van der Waals surface area contributed by atoms with Gasteiger partial charge in [-0.25, -0.2) is 4.98 Å². The van der Waals surface area contributed by atoms with Crippen molar-refractivity contribution < 1.29 is 4.79 Å². The number of nitrogens with two attached hydrogens (primary N) is 1. The highest BCUT2D eigenvalue weighted by molar-refractivity contribution is 5.93. The Morgan fingerprint density at radius 2 is 1.93 bits per heavy atom. The molecule has 2 aromatic carbocycles. The molecule has 0 atom stereocenters. The lowest BCUT2D eigenvalue weighted by Gasteiger charge is -2.07. The second-order valence-corrected chi connectivity index (χ2v) is 6.27. The summed E-state index contributed by atoms with van der Waals surface area (Å²) < 4.78 is 0. The number of amides is 1. The number of nitrogens with zero attached hydrogens (tertiary/aromatic N) is 1. The average molecular weight is 409 g/mol. The summed E-state index contributed by atoms with van der Waals surface area (Å²) in [6.07, 6.45) is 4.24. The van der Waals surface area contributed by atoms with Crippen LogP contribution in [-0.2, 0) is 17.6 Å². The Morgan fingerprint density at radius 3 is 2.67 bits per heavy atom. The molecule has 0 spiro atoms. The molecule has 146 valence electrons. The van der Waals surface area contributed by atoms with E-state index in [1.807, 2.05) is 42.5 Å². The molecule has 0 radical (unpaired) electrons. The highest BCUT2D eigenvalue weighted by Gasteiger charge is 2.07. The molecule has 1 aromatic heterocycles. The molecular formula is C20H26Cl2N4O. The molecule has 0 aliphatic heterocycles. The molecule has 0 saturated heterocycles. The van der Waals surface area contributed by atoms with Gasteiger partial charge in [0.1, 0.15) is 5.82 Å². The Kier molecular flexibility index (Phi) is 9.12. The van der Waals surface area contributed by atoms with Crippen LogP contribution in [0.25, 0.3) is 11.0 Å². The summed E-state index contributed by atoms with van der Waals surface area (Å²) in [4.78, 5) is 20.1. The lowest BCUT2D eigenvalue weighted by Crippen LogP contribution is -2.12. The molecule has 1 amide bonds. The van der Waals surface area contributed by atoms with Crippen LogP contribution in [0.15, 0.2) is 42.5 Å². The number of anilines is 2. The molecule has 0 unspecified atom stereocenters. The first-order valence-electron chi connectivity index (χ1n) is 8.77. The molecule has 7 heteroatoms. The van der Waals surface area contributed by atoms with E-state index < -0.39 is 0 Å². The summed E-state index contributed by atoms with van der Waals surface area (Å²) in [6.45, 7) is 2.17. The molecule has 0 aliphatic carbocycles. The van der Waals surface area contributed by atoms with Gasteiger partial charge in [0, 0.05) is 24.2 Å². The number of rotatable bonds is 7. The van der Waals surface area contributed by atoms with Crippen molar-refractivity contribution in [3.63, 3.8) is 0 Å². The number of hydrogen-bond donors (Lipinski definition) is 3. The zero-order valence-corrected chi connectivity index (χ0v) is 17.0. The zero-order chi connectivity index (χ0) is 17.6. The third kappa shape index (κ3) is 6.15. The van der Waals surface area contributed by atoms with Crippen LogP contribution in [0, 0.1) is 0 Å².